The Morgan fingerprint density at radius 2 is 2.12 bits per heavy atom. The number of imidazole rings is 1. The second-order valence-corrected chi connectivity index (χ2v) is 4.31. The lowest BCUT2D eigenvalue weighted by molar-refractivity contribution is 0.132. The summed E-state index contributed by atoms with van der Waals surface area (Å²) in [6.45, 7) is 4.98. The second kappa shape index (κ2) is 5.46. The Morgan fingerprint density at radius 1 is 1.31 bits per heavy atom. The maximum Gasteiger partial charge on any atom is 0.106 e. The molecule has 0 atom stereocenters. The van der Waals surface area contributed by atoms with Crippen molar-refractivity contribution in [2.45, 2.75) is 39.2 Å². The van der Waals surface area contributed by atoms with Gasteiger partial charge in [-0.25, -0.2) is 4.98 Å². The second-order valence-electron chi connectivity index (χ2n) is 4.31. The molecule has 1 aliphatic rings. The van der Waals surface area contributed by atoms with Crippen molar-refractivity contribution in [3.8, 4) is 0 Å². The van der Waals surface area contributed by atoms with E-state index in [2.05, 4.69) is 16.5 Å². The maximum atomic E-state index is 5.43. The Hall–Kier alpha value is -0.870. The summed E-state index contributed by atoms with van der Waals surface area (Å²) in [6.07, 6.45) is 4.90. The van der Waals surface area contributed by atoms with Crippen molar-refractivity contribution in [2.75, 3.05) is 19.8 Å². The van der Waals surface area contributed by atoms with Crippen molar-refractivity contribution < 1.29 is 4.74 Å². The van der Waals surface area contributed by atoms with Gasteiger partial charge in [0.15, 0.2) is 0 Å². The number of fused-ring (bicyclic) bond motifs is 1. The zero-order chi connectivity index (χ0) is 11.4. The van der Waals surface area contributed by atoms with Gasteiger partial charge in [-0.15, -0.1) is 0 Å². The molecule has 0 aromatic carbocycles. The van der Waals surface area contributed by atoms with Gasteiger partial charge in [-0.1, -0.05) is 0 Å². The highest BCUT2D eigenvalue weighted by Crippen LogP contribution is 2.21. The van der Waals surface area contributed by atoms with E-state index in [4.69, 9.17) is 10.5 Å². The van der Waals surface area contributed by atoms with Crippen LogP contribution in [0.1, 0.15) is 30.1 Å². The Kier molecular flexibility index (Phi) is 3.96. The van der Waals surface area contributed by atoms with Crippen molar-refractivity contribution in [3.05, 3.63) is 17.2 Å². The summed E-state index contributed by atoms with van der Waals surface area (Å²) in [5.74, 6) is 1.13. The average Bonchev–Trinajstić information content (AvgIpc) is 2.61. The highest BCUT2D eigenvalue weighted by atomic mass is 16.5. The van der Waals surface area contributed by atoms with Gasteiger partial charge >= 0.3 is 0 Å². The number of hydrogen-bond acceptors (Lipinski definition) is 3. The molecule has 1 aromatic rings. The van der Waals surface area contributed by atoms with Crippen LogP contribution in [-0.4, -0.2) is 29.3 Å². The van der Waals surface area contributed by atoms with Crippen LogP contribution in [0.4, 0.5) is 0 Å². The summed E-state index contributed by atoms with van der Waals surface area (Å²) < 4.78 is 7.74. The monoisotopic (exact) mass is 223 g/mol. The van der Waals surface area contributed by atoms with Gasteiger partial charge in [0, 0.05) is 18.8 Å². The zero-order valence-corrected chi connectivity index (χ0v) is 10.0. The van der Waals surface area contributed by atoms with Crippen LogP contribution in [0.2, 0.25) is 0 Å². The quantitative estimate of drug-likeness (QED) is 0.759. The molecule has 90 valence electrons. The Labute approximate surface area is 96.8 Å². The van der Waals surface area contributed by atoms with Crippen LogP contribution >= 0.6 is 0 Å². The van der Waals surface area contributed by atoms with Gasteiger partial charge in [-0.3, -0.25) is 0 Å². The van der Waals surface area contributed by atoms with Crippen molar-refractivity contribution in [1.29, 1.82) is 0 Å². The van der Waals surface area contributed by atoms with Crippen molar-refractivity contribution >= 4 is 0 Å². The molecule has 0 fully saturated rings. The van der Waals surface area contributed by atoms with Crippen molar-refractivity contribution in [2.24, 2.45) is 5.73 Å². The average molecular weight is 223 g/mol. The van der Waals surface area contributed by atoms with Gasteiger partial charge in [0.2, 0.25) is 0 Å². The number of nitrogens with zero attached hydrogens (tertiary/aromatic N) is 2. The van der Waals surface area contributed by atoms with E-state index in [1.807, 2.05) is 0 Å². The molecule has 0 bridgehead atoms. The lowest BCUT2D eigenvalue weighted by Gasteiger charge is -2.14. The SMILES string of the molecule is Cc1nc2c(n1CCOCCN)CCCC2. The van der Waals surface area contributed by atoms with E-state index in [9.17, 15) is 0 Å². The van der Waals surface area contributed by atoms with E-state index in [0.717, 1.165) is 25.4 Å². The van der Waals surface area contributed by atoms with Gasteiger partial charge in [0.1, 0.15) is 5.82 Å². The molecule has 2 N–H and O–H groups in total. The molecule has 1 aliphatic carbocycles. The topological polar surface area (TPSA) is 53.1 Å². The normalized spacial score (nSPS) is 15.1. The van der Waals surface area contributed by atoms with Gasteiger partial charge in [0.25, 0.3) is 0 Å². The molecular formula is C12H21N3O. The van der Waals surface area contributed by atoms with Crippen molar-refractivity contribution in [1.82, 2.24) is 9.55 Å². The van der Waals surface area contributed by atoms with Crippen LogP contribution in [0.5, 0.6) is 0 Å². The number of aromatic nitrogens is 2. The number of hydrogen-bond donors (Lipinski definition) is 1. The highest BCUT2D eigenvalue weighted by molar-refractivity contribution is 5.19. The van der Waals surface area contributed by atoms with Crippen LogP contribution in [-0.2, 0) is 24.1 Å². The lowest BCUT2D eigenvalue weighted by atomic mass is 10.0. The molecule has 4 nitrogen and oxygen atoms in total. The zero-order valence-electron chi connectivity index (χ0n) is 10.0. The molecule has 0 amide bonds. The molecule has 4 heteroatoms. The smallest absolute Gasteiger partial charge is 0.106 e. The Morgan fingerprint density at radius 3 is 2.94 bits per heavy atom. The largest absolute Gasteiger partial charge is 0.378 e. The predicted octanol–water partition coefficient (Wildman–Crippen LogP) is 1.05. The molecular weight excluding hydrogens is 202 g/mol. The minimum atomic E-state index is 0.598. The van der Waals surface area contributed by atoms with E-state index in [1.165, 1.54) is 30.7 Å². The van der Waals surface area contributed by atoms with Crippen molar-refractivity contribution in [3.63, 3.8) is 0 Å². The highest BCUT2D eigenvalue weighted by Gasteiger charge is 2.17. The first-order chi connectivity index (χ1) is 7.83. The van der Waals surface area contributed by atoms with E-state index >= 15 is 0 Å². The number of aryl methyl sites for hydroxylation is 2. The molecule has 16 heavy (non-hydrogen) atoms. The minimum Gasteiger partial charge on any atom is -0.378 e. The summed E-state index contributed by atoms with van der Waals surface area (Å²) in [5, 5.41) is 0. The van der Waals surface area contributed by atoms with Crippen LogP contribution in [0, 0.1) is 6.92 Å². The summed E-state index contributed by atoms with van der Waals surface area (Å²) in [5.41, 5.74) is 8.12. The molecule has 0 aliphatic heterocycles. The third-order valence-corrected chi connectivity index (χ3v) is 3.14. The van der Waals surface area contributed by atoms with Gasteiger partial charge < -0.3 is 15.0 Å². The Balaban J connectivity index is 1.99. The number of rotatable bonds is 5. The molecule has 0 spiro atoms. The molecule has 0 saturated carbocycles. The molecule has 2 rings (SSSR count). The summed E-state index contributed by atoms with van der Waals surface area (Å²) in [7, 11) is 0. The molecule has 1 heterocycles. The minimum absolute atomic E-state index is 0.598. The van der Waals surface area contributed by atoms with Gasteiger partial charge in [-0.2, -0.15) is 0 Å². The van der Waals surface area contributed by atoms with Crippen LogP contribution in [0.25, 0.3) is 0 Å². The summed E-state index contributed by atoms with van der Waals surface area (Å²) in [4.78, 5) is 4.63. The molecule has 0 unspecified atom stereocenters. The molecule has 0 saturated heterocycles. The standard InChI is InChI=1S/C12H21N3O/c1-10-14-11-4-2-3-5-12(11)15(10)7-9-16-8-6-13/h2-9,13H2,1H3. The van der Waals surface area contributed by atoms with E-state index in [1.54, 1.807) is 0 Å². The lowest BCUT2D eigenvalue weighted by Crippen LogP contribution is -2.15. The number of ether oxygens (including phenoxy) is 1. The number of nitrogens with two attached hydrogens (primary N) is 1. The predicted molar refractivity (Wildman–Crippen MR) is 63.5 cm³/mol. The van der Waals surface area contributed by atoms with Gasteiger partial charge in [-0.05, 0) is 32.6 Å². The fraction of sp³-hybridized carbons (Fsp3) is 0.750. The first-order valence-corrected chi connectivity index (χ1v) is 6.15. The van der Waals surface area contributed by atoms with E-state index in [-0.39, 0.29) is 0 Å². The fourth-order valence-corrected chi connectivity index (χ4v) is 2.37. The van der Waals surface area contributed by atoms with E-state index in [0.29, 0.717) is 13.2 Å². The Bertz CT molecular complexity index is 346. The fourth-order valence-electron chi connectivity index (χ4n) is 2.37. The van der Waals surface area contributed by atoms with Gasteiger partial charge in [0.05, 0.1) is 18.9 Å². The summed E-state index contributed by atoms with van der Waals surface area (Å²) >= 11 is 0. The van der Waals surface area contributed by atoms with Crippen LogP contribution in [0.15, 0.2) is 0 Å². The van der Waals surface area contributed by atoms with Crippen LogP contribution < -0.4 is 5.73 Å². The summed E-state index contributed by atoms with van der Waals surface area (Å²) in [6, 6.07) is 0. The molecule has 1 aromatic heterocycles. The third-order valence-electron chi connectivity index (χ3n) is 3.14. The third kappa shape index (κ3) is 2.44. The first-order valence-electron chi connectivity index (χ1n) is 6.15. The molecule has 0 radical (unpaired) electrons. The maximum absolute atomic E-state index is 5.43. The van der Waals surface area contributed by atoms with E-state index < -0.39 is 0 Å². The van der Waals surface area contributed by atoms with Crippen LogP contribution in [0.3, 0.4) is 0 Å². The first kappa shape index (κ1) is 11.6.